The van der Waals surface area contributed by atoms with Gasteiger partial charge in [-0.05, 0) is 5.56 Å². The normalized spacial score (nSPS) is 11.5. The third-order valence-electron chi connectivity index (χ3n) is 1.74. The Morgan fingerprint density at radius 3 is 2.36 bits per heavy atom. The minimum absolute atomic E-state index is 0. The molecule has 1 aromatic rings. The maximum atomic E-state index is 10.5. The Morgan fingerprint density at radius 1 is 1.36 bits per heavy atom. The van der Waals surface area contributed by atoms with Crippen molar-refractivity contribution in [2.75, 3.05) is 0 Å². The summed E-state index contributed by atoms with van der Waals surface area (Å²) in [6, 6.07) is 8.19. The zero-order valence-corrected chi connectivity index (χ0v) is 8.20. The fourth-order valence-corrected chi connectivity index (χ4v) is 1.04. The fourth-order valence-electron chi connectivity index (χ4n) is 1.04. The Kier molecular flexibility index (Phi) is 5.87. The molecule has 78 valence electrons. The molecule has 4 nitrogen and oxygen atoms in total. The zero-order valence-electron chi connectivity index (χ0n) is 7.38. The SMILES string of the molecule is Cl.O=C(O)[C@H](Cc1ccccc1)NO. The Hall–Kier alpha value is -1.10. The van der Waals surface area contributed by atoms with Crippen LogP contribution in [0.15, 0.2) is 30.3 Å². The van der Waals surface area contributed by atoms with E-state index in [9.17, 15) is 4.79 Å². The van der Waals surface area contributed by atoms with Crippen LogP contribution in [0.2, 0.25) is 0 Å². The van der Waals surface area contributed by atoms with Gasteiger partial charge in [0.1, 0.15) is 6.04 Å². The van der Waals surface area contributed by atoms with Crippen LogP contribution in [0.1, 0.15) is 5.56 Å². The van der Waals surface area contributed by atoms with Crippen LogP contribution in [-0.2, 0) is 11.2 Å². The van der Waals surface area contributed by atoms with Gasteiger partial charge < -0.3 is 10.3 Å². The number of carboxylic acids is 1. The molecule has 0 radical (unpaired) electrons. The summed E-state index contributed by atoms with van der Waals surface area (Å²) in [5.41, 5.74) is 2.62. The Morgan fingerprint density at radius 2 is 1.93 bits per heavy atom. The van der Waals surface area contributed by atoms with Gasteiger partial charge in [-0.15, -0.1) is 12.4 Å². The largest absolute Gasteiger partial charge is 0.480 e. The van der Waals surface area contributed by atoms with Crippen LogP contribution in [0.25, 0.3) is 0 Å². The molecule has 0 heterocycles. The molecule has 0 aliphatic heterocycles. The summed E-state index contributed by atoms with van der Waals surface area (Å²) in [6.45, 7) is 0. The number of hydrogen-bond donors (Lipinski definition) is 3. The molecular formula is C9H12ClNO3. The van der Waals surface area contributed by atoms with Crippen LogP contribution < -0.4 is 5.48 Å². The highest BCUT2D eigenvalue weighted by Gasteiger charge is 2.15. The van der Waals surface area contributed by atoms with Crippen molar-refractivity contribution in [1.29, 1.82) is 0 Å². The molecule has 0 spiro atoms. The van der Waals surface area contributed by atoms with Gasteiger partial charge in [0, 0.05) is 6.42 Å². The number of hydroxylamine groups is 1. The van der Waals surface area contributed by atoms with Crippen LogP contribution in [-0.4, -0.2) is 22.3 Å². The van der Waals surface area contributed by atoms with Crippen LogP contribution in [0.3, 0.4) is 0 Å². The van der Waals surface area contributed by atoms with Crippen molar-refractivity contribution in [2.24, 2.45) is 0 Å². The molecule has 0 saturated heterocycles. The summed E-state index contributed by atoms with van der Waals surface area (Å²) in [4.78, 5) is 10.5. The highest BCUT2D eigenvalue weighted by atomic mass is 35.5. The molecule has 0 aromatic heterocycles. The number of hydrogen-bond acceptors (Lipinski definition) is 3. The number of carbonyl (C=O) groups is 1. The first-order chi connectivity index (χ1) is 6.24. The van der Waals surface area contributed by atoms with Crippen LogP contribution in [0.5, 0.6) is 0 Å². The van der Waals surface area contributed by atoms with E-state index in [4.69, 9.17) is 10.3 Å². The van der Waals surface area contributed by atoms with E-state index in [1.807, 2.05) is 30.3 Å². The number of rotatable bonds is 4. The lowest BCUT2D eigenvalue weighted by Crippen LogP contribution is -2.36. The van der Waals surface area contributed by atoms with Gasteiger partial charge in [0.2, 0.25) is 0 Å². The first-order valence-corrected chi connectivity index (χ1v) is 3.90. The van der Waals surface area contributed by atoms with E-state index < -0.39 is 12.0 Å². The molecular weight excluding hydrogens is 206 g/mol. The predicted molar refractivity (Wildman–Crippen MR) is 53.7 cm³/mol. The minimum Gasteiger partial charge on any atom is -0.480 e. The first-order valence-electron chi connectivity index (χ1n) is 3.90. The standard InChI is InChI=1S/C9H11NO3.ClH/c11-9(12)8(10-13)6-7-4-2-1-3-5-7;/h1-5,8,10,13H,6H2,(H,11,12);1H/t8-;/m0./s1. The molecule has 0 fully saturated rings. The van der Waals surface area contributed by atoms with Crippen LogP contribution >= 0.6 is 12.4 Å². The van der Waals surface area contributed by atoms with E-state index in [-0.39, 0.29) is 18.8 Å². The van der Waals surface area contributed by atoms with Gasteiger partial charge in [-0.3, -0.25) is 4.79 Å². The third-order valence-corrected chi connectivity index (χ3v) is 1.74. The molecule has 14 heavy (non-hydrogen) atoms. The lowest BCUT2D eigenvalue weighted by Gasteiger charge is -2.09. The quantitative estimate of drug-likeness (QED) is 0.661. The van der Waals surface area contributed by atoms with Crippen molar-refractivity contribution in [2.45, 2.75) is 12.5 Å². The molecule has 5 heteroatoms. The van der Waals surface area contributed by atoms with Gasteiger partial charge in [0.15, 0.2) is 0 Å². The number of aliphatic carboxylic acids is 1. The Balaban J connectivity index is 0.00000169. The lowest BCUT2D eigenvalue weighted by atomic mass is 10.1. The van der Waals surface area contributed by atoms with E-state index in [1.54, 1.807) is 5.48 Å². The maximum Gasteiger partial charge on any atom is 0.323 e. The second-order valence-corrected chi connectivity index (χ2v) is 2.71. The molecule has 0 aliphatic carbocycles. The molecule has 0 amide bonds. The van der Waals surface area contributed by atoms with Crippen molar-refractivity contribution >= 4 is 18.4 Å². The molecule has 0 saturated carbocycles. The maximum absolute atomic E-state index is 10.5. The van der Waals surface area contributed by atoms with E-state index >= 15 is 0 Å². The zero-order chi connectivity index (χ0) is 9.68. The molecule has 0 bridgehead atoms. The average molecular weight is 218 g/mol. The lowest BCUT2D eigenvalue weighted by molar-refractivity contribution is -0.142. The highest BCUT2D eigenvalue weighted by Crippen LogP contribution is 2.02. The number of benzene rings is 1. The summed E-state index contributed by atoms with van der Waals surface area (Å²) in [7, 11) is 0. The van der Waals surface area contributed by atoms with Crippen molar-refractivity contribution in [3.05, 3.63) is 35.9 Å². The van der Waals surface area contributed by atoms with Crippen molar-refractivity contribution < 1.29 is 15.1 Å². The average Bonchev–Trinajstić information content (AvgIpc) is 2.15. The summed E-state index contributed by atoms with van der Waals surface area (Å²) in [5.74, 6) is -1.06. The van der Waals surface area contributed by atoms with Gasteiger partial charge in [0.25, 0.3) is 0 Å². The van der Waals surface area contributed by atoms with E-state index in [2.05, 4.69) is 0 Å². The number of carboxylic acid groups (broad SMARTS) is 1. The summed E-state index contributed by atoms with van der Waals surface area (Å²) >= 11 is 0. The first kappa shape index (κ1) is 12.9. The molecule has 0 unspecified atom stereocenters. The summed E-state index contributed by atoms with van der Waals surface area (Å²) in [6.07, 6.45) is 0.271. The van der Waals surface area contributed by atoms with Crippen LogP contribution in [0.4, 0.5) is 0 Å². The molecule has 1 aromatic carbocycles. The van der Waals surface area contributed by atoms with Crippen molar-refractivity contribution in [3.63, 3.8) is 0 Å². The topological polar surface area (TPSA) is 69.6 Å². The van der Waals surface area contributed by atoms with E-state index in [1.165, 1.54) is 0 Å². The Bertz CT molecular complexity index is 279. The van der Waals surface area contributed by atoms with Gasteiger partial charge >= 0.3 is 5.97 Å². The second kappa shape index (κ2) is 6.37. The van der Waals surface area contributed by atoms with Gasteiger partial charge in [-0.1, -0.05) is 30.3 Å². The van der Waals surface area contributed by atoms with E-state index in [0.29, 0.717) is 0 Å². The molecule has 0 aliphatic rings. The fraction of sp³-hybridized carbons (Fsp3) is 0.222. The number of nitrogens with one attached hydrogen (secondary N) is 1. The van der Waals surface area contributed by atoms with Crippen LogP contribution in [0, 0.1) is 0 Å². The van der Waals surface area contributed by atoms with Crippen molar-refractivity contribution in [3.8, 4) is 0 Å². The second-order valence-electron chi connectivity index (χ2n) is 2.71. The predicted octanol–water partition coefficient (Wildman–Crippen LogP) is 1.08. The van der Waals surface area contributed by atoms with E-state index in [0.717, 1.165) is 5.56 Å². The Labute approximate surface area is 87.9 Å². The smallest absolute Gasteiger partial charge is 0.323 e. The van der Waals surface area contributed by atoms with Crippen molar-refractivity contribution in [1.82, 2.24) is 5.48 Å². The third kappa shape index (κ3) is 3.74. The van der Waals surface area contributed by atoms with Gasteiger partial charge in [-0.25, -0.2) is 0 Å². The number of halogens is 1. The van der Waals surface area contributed by atoms with Gasteiger partial charge in [-0.2, -0.15) is 5.48 Å². The highest BCUT2D eigenvalue weighted by molar-refractivity contribution is 5.85. The summed E-state index contributed by atoms with van der Waals surface area (Å²) < 4.78 is 0. The summed E-state index contributed by atoms with van der Waals surface area (Å²) in [5, 5.41) is 17.1. The molecule has 3 N–H and O–H groups in total. The monoisotopic (exact) mass is 217 g/mol. The molecule has 1 rings (SSSR count). The van der Waals surface area contributed by atoms with Gasteiger partial charge in [0.05, 0.1) is 0 Å². The minimum atomic E-state index is -1.06. The molecule has 1 atom stereocenters.